The highest BCUT2D eigenvalue weighted by atomic mass is 32.2. The van der Waals surface area contributed by atoms with Crippen LogP contribution < -0.4 is 10.6 Å². The van der Waals surface area contributed by atoms with E-state index in [1.807, 2.05) is 0 Å². The summed E-state index contributed by atoms with van der Waals surface area (Å²) in [5.74, 6) is 1.69. The molecule has 0 aliphatic heterocycles. The van der Waals surface area contributed by atoms with Crippen LogP contribution in [0.25, 0.3) is 11.0 Å². The van der Waals surface area contributed by atoms with Crippen molar-refractivity contribution in [2.24, 2.45) is 0 Å². The molecular weight excluding hydrogens is 356 g/mol. The number of fused-ring (bicyclic) bond motifs is 1. The van der Waals surface area contributed by atoms with Gasteiger partial charge in [0.1, 0.15) is 5.82 Å². The second-order valence-corrected chi connectivity index (χ2v) is 6.44. The quantitative estimate of drug-likeness (QED) is 0.346. The minimum Gasteiger partial charge on any atom is -0.450 e. The topological polar surface area (TPSA) is 103 Å². The van der Waals surface area contributed by atoms with Crippen LogP contribution in [0.2, 0.25) is 0 Å². The molecule has 0 aromatic carbocycles. The Bertz CT molecular complexity index is 709. The maximum absolute atomic E-state index is 11.4. The molecule has 0 saturated heterocycles. The average molecular weight is 382 g/mol. The number of alkyl carbamates (subject to hydrolysis) is 1. The average Bonchev–Trinajstić information content (AvgIpc) is 3.03. The van der Waals surface area contributed by atoms with Crippen molar-refractivity contribution in [3.63, 3.8) is 0 Å². The van der Waals surface area contributed by atoms with Gasteiger partial charge in [-0.1, -0.05) is 18.7 Å². The molecular formula is C16H26N6O3S. The van der Waals surface area contributed by atoms with Gasteiger partial charge >= 0.3 is 6.09 Å². The highest BCUT2D eigenvalue weighted by Gasteiger charge is 2.13. The first kappa shape index (κ1) is 20.2. The smallest absolute Gasteiger partial charge is 0.407 e. The molecule has 0 aliphatic carbocycles. The number of methoxy groups -OCH3 is 1. The van der Waals surface area contributed by atoms with Crippen molar-refractivity contribution in [3.8, 4) is 0 Å². The number of carbonyl (C=O) groups excluding carboxylic acids is 1. The summed E-state index contributed by atoms with van der Waals surface area (Å²) in [6.45, 7) is 6.37. The Kier molecular flexibility index (Phi) is 8.42. The number of anilines is 1. The fraction of sp³-hybridized carbons (Fsp3) is 0.625. The molecule has 2 rings (SSSR count). The zero-order valence-electron chi connectivity index (χ0n) is 15.4. The van der Waals surface area contributed by atoms with Crippen molar-refractivity contribution in [3.05, 3.63) is 6.20 Å². The highest BCUT2D eigenvalue weighted by molar-refractivity contribution is 7.99. The van der Waals surface area contributed by atoms with E-state index in [9.17, 15) is 4.79 Å². The molecule has 2 aromatic heterocycles. The van der Waals surface area contributed by atoms with Gasteiger partial charge in [-0.15, -0.1) is 0 Å². The Morgan fingerprint density at radius 3 is 2.88 bits per heavy atom. The Balaban J connectivity index is 2.16. The van der Waals surface area contributed by atoms with Gasteiger partial charge in [0, 0.05) is 26.0 Å². The van der Waals surface area contributed by atoms with Crippen LogP contribution in [0.5, 0.6) is 0 Å². The van der Waals surface area contributed by atoms with Crippen molar-refractivity contribution in [1.29, 1.82) is 0 Å². The number of thioether (sulfide) groups is 1. The van der Waals surface area contributed by atoms with Crippen LogP contribution in [0.1, 0.15) is 20.3 Å². The molecule has 0 saturated carbocycles. The number of amides is 1. The summed E-state index contributed by atoms with van der Waals surface area (Å²) in [7, 11) is 1.66. The second kappa shape index (κ2) is 10.8. The first-order chi connectivity index (χ1) is 12.7. The summed E-state index contributed by atoms with van der Waals surface area (Å²) < 4.78 is 11.7. The number of hydrogen-bond acceptors (Lipinski definition) is 8. The molecule has 26 heavy (non-hydrogen) atoms. The standard InChI is InChI=1S/C16H26N6O3S/c1-4-10-26-15-20-13(17-7-9-24-3)12-11-19-22(14(12)21-15)8-6-18-16(23)25-5-2/h11H,4-10H2,1-3H3,(H,18,23)(H,17,20,21). The molecule has 144 valence electrons. The van der Waals surface area contributed by atoms with Gasteiger partial charge in [-0.3, -0.25) is 0 Å². The van der Waals surface area contributed by atoms with E-state index in [1.165, 1.54) is 0 Å². The lowest BCUT2D eigenvalue weighted by molar-refractivity contribution is 0.152. The van der Waals surface area contributed by atoms with Crippen molar-refractivity contribution < 1.29 is 14.3 Å². The van der Waals surface area contributed by atoms with E-state index in [0.717, 1.165) is 29.0 Å². The molecule has 0 spiro atoms. The third-order valence-electron chi connectivity index (χ3n) is 3.38. The van der Waals surface area contributed by atoms with E-state index in [-0.39, 0.29) is 0 Å². The zero-order chi connectivity index (χ0) is 18.8. The highest BCUT2D eigenvalue weighted by Crippen LogP contribution is 2.24. The number of rotatable bonds is 11. The van der Waals surface area contributed by atoms with Crippen LogP contribution in [0, 0.1) is 0 Å². The molecule has 0 fully saturated rings. The molecule has 0 aliphatic rings. The molecule has 2 N–H and O–H groups in total. The normalized spacial score (nSPS) is 10.9. The molecule has 0 atom stereocenters. The molecule has 0 bridgehead atoms. The monoisotopic (exact) mass is 382 g/mol. The molecule has 0 unspecified atom stereocenters. The summed E-state index contributed by atoms with van der Waals surface area (Å²) in [5.41, 5.74) is 0.740. The van der Waals surface area contributed by atoms with E-state index in [2.05, 4.69) is 32.6 Å². The SMILES string of the molecule is CCCSc1nc(NCCOC)c2cnn(CCNC(=O)OCC)c2n1. The lowest BCUT2D eigenvalue weighted by atomic mass is 10.4. The van der Waals surface area contributed by atoms with Crippen LogP contribution in [0.4, 0.5) is 10.6 Å². The van der Waals surface area contributed by atoms with Crippen molar-refractivity contribution in [2.75, 3.05) is 44.5 Å². The lowest BCUT2D eigenvalue weighted by Crippen LogP contribution is -2.28. The largest absolute Gasteiger partial charge is 0.450 e. The predicted molar refractivity (Wildman–Crippen MR) is 102 cm³/mol. The van der Waals surface area contributed by atoms with Gasteiger partial charge < -0.3 is 20.1 Å². The van der Waals surface area contributed by atoms with Crippen LogP contribution in [0.3, 0.4) is 0 Å². The van der Waals surface area contributed by atoms with Gasteiger partial charge in [-0.25, -0.2) is 19.4 Å². The van der Waals surface area contributed by atoms with Crippen LogP contribution in [-0.2, 0) is 16.0 Å². The van der Waals surface area contributed by atoms with E-state index in [1.54, 1.807) is 36.7 Å². The number of hydrogen-bond donors (Lipinski definition) is 2. The van der Waals surface area contributed by atoms with Gasteiger partial charge in [-0.2, -0.15) is 5.10 Å². The Labute approximate surface area is 157 Å². The summed E-state index contributed by atoms with van der Waals surface area (Å²) in [5, 5.41) is 11.9. The first-order valence-corrected chi connectivity index (χ1v) is 9.67. The maximum atomic E-state index is 11.4. The number of nitrogens with one attached hydrogen (secondary N) is 2. The van der Waals surface area contributed by atoms with E-state index in [0.29, 0.717) is 38.0 Å². The number of aromatic nitrogens is 4. The minimum atomic E-state index is -0.431. The Morgan fingerprint density at radius 1 is 1.31 bits per heavy atom. The van der Waals surface area contributed by atoms with Crippen LogP contribution in [0.15, 0.2) is 11.4 Å². The molecule has 2 aromatic rings. The molecule has 9 nitrogen and oxygen atoms in total. The third-order valence-corrected chi connectivity index (χ3v) is 4.43. The van der Waals surface area contributed by atoms with E-state index < -0.39 is 6.09 Å². The maximum Gasteiger partial charge on any atom is 0.407 e. The Hall–Kier alpha value is -2.07. The van der Waals surface area contributed by atoms with Gasteiger partial charge in [0.2, 0.25) is 0 Å². The van der Waals surface area contributed by atoms with Gasteiger partial charge in [0.05, 0.1) is 31.3 Å². The van der Waals surface area contributed by atoms with Crippen molar-refractivity contribution in [1.82, 2.24) is 25.1 Å². The number of ether oxygens (including phenoxy) is 2. The Morgan fingerprint density at radius 2 is 2.15 bits per heavy atom. The predicted octanol–water partition coefficient (Wildman–Crippen LogP) is 2.13. The van der Waals surface area contributed by atoms with E-state index in [4.69, 9.17) is 9.47 Å². The fourth-order valence-electron chi connectivity index (χ4n) is 2.21. The molecule has 1 amide bonds. The summed E-state index contributed by atoms with van der Waals surface area (Å²) in [6.07, 6.45) is 2.35. The molecule has 10 heteroatoms. The summed E-state index contributed by atoms with van der Waals surface area (Å²) in [4.78, 5) is 20.6. The van der Waals surface area contributed by atoms with Crippen molar-refractivity contribution >= 4 is 34.7 Å². The third kappa shape index (κ3) is 5.73. The second-order valence-electron chi connectivity index (χ2n) is 5.38. The van der Waals surface area contributed by atoms with E-state index >= 15 is 0 Å². The van der Waals surface area contributed by atoms with Gasteiger partial charge in [0.25, 0.3) is 0 Å². The zero-order valence-corrected chi connectivity index (χ0v) is 16.3. The minimum absolute atomic E-state index is 0.346. The number of carbonyl (C=O) groups is 1. The molecule has 2 heterocycles. The molecule has 0 radical (unpaired) electrons. The fourth-order valence-corrected chi connectivity index (χ4v) is 2.90. The summed E-state index contributed by atoms with van der Waals surface area (Å²) in [6, 6.07) is 0. The lowest BCUT2D eigenvalue weighted by Gasteiger charge is -2.09. The van der Waals surface area contributed by atoms with Crippen LogP contribution >= 0.6 is 11.8 Å². The summed E-state index contributed by atoms with van der Waals surface area (Å²) >= 11 is 1.61. The van der Waals surface area contributed by atoms with Gasteiger partial charge in [0.15, 0.2) is 10.8 Å². The first-order valence-electron chi connectivity index (χ1n) is 8.69. The number of nitrogens with zero attached hydrogens (tertiary/aromatic N) is 4. The van der Waals surface area contributed by atoms with Crippen LogP contribution in [-0.4, -0.2) is 65.0 Å². The van der Waals surface area contributed by atoms with Crippen molar-refractivity contribution in [2.45, 2.75) is 32.0 Å². The van der Waals surface area contributed by atoms with Gasteiger partial charge in [-0.05, 0) is 13.3 Å².